The summed E-state index contributed by atoms with van der Waals surface area (Å²) in [4.78, 5) is 0. The number of rotatable bonds is 3. The van der Waals surface area contributed by atoms with E-state index >= 15 is 0 Å². The molecule has 1 atom stereocenters. The number of aliphatic hydroxyl groups is 1. The lowest BCUT2D eigenvalue weighted by Crippen LogP contribution is -2.10. The molecular weight excluding hydrogens is 156 g/mol. The van der Waals surface area contributed by atoms with Gasteiger partial charge in [-0.1, -0.05) is 0 Å². The Bertz CT molecular complexity index is 206. The minimum Gasteiger partial charge on any atom is -0.493 e. The number of hydrogen-bond acceptors (Lipinski definition) is 3. The molecule has 0 saturated heterocycles. The molecule has 0 amide bonds. The molecule has 1 aliphatic carbocycles. The highest BCUT2D eigenvalue weighted by Crippen LogP contribution is 2.23. The van der Waals surface area contributed by atoms with Gasteiger partial charge < -0.3 is 14.6 Å². The standard InChI is InChI=1S/C9H14O3/c1-11-8-4-3-7(6-10)5-9(8)12-2/h4-5,7,10H,3,6H2,1-2H3. The van der Waals surface area contributed by atoms with Crippen molar-refractivity contribution in [3.05, 3.63) is 23.7 Å². The molecule has 1 aliphatic rings. The van der Waals surface area contributed by atoms with Crippen molar-refractivity contribution < 1.29 is 14.6 Å². The fraction of sp³-hybridized carbons (Fsp3) is 0.556. The molecule has 68 valence electrons. The van der Waals surface area contributed by atoms with Gasteiger partial charge in [0.1, 0.15) is 0 Å². The molecular formula is C9H14O3. The van der Waals surface area contributed by atoms with Crippen LogP contribution in [0, 0.1) is 5.92 Å². The Labute approximate surface area is 72.3 Å². The summed E-state index contributed by atoms with van der Waals surface area (Å²) in [6, 6.07) is 0. The molecule has 1 N–H and O–H groups in total. The van der Waals surface area contributed by atoms with E-state index in [9.17, 15) is 0 Å². The molecule has 0 fully saturated rings. The summed E-state index contributed by atoms with van der Waals surface area (Å²) in [7, 11) is 3.20. The van der Waals surface area contributed by atoms with Crippen LogP contribution in [-0.4, -0.2) is 25.9 Å². The predicted octanol–water partition coefficient (Wildman–Crippen LogP) is 1.06. The maximum Gasteiger partial charge on any atom is 0.156 e. The quantitative estimate of drug-likeness (QED) is 0.688. The number of hydrogen-bond donors (Lipinski definition) is 1. The average molecular weight is 170 g/mol. The van der Waals surface area contributed by atoms with Crippen LogP contribution in [0.5, 0.6) is 0 Å². The Hall–Kier alpha value is -0.960. The fourth-order valence-corrected chi connectivity index (χ4v) is 1.20. The van der Waals surface area contributed by atoms with Gasteiger partial charge >= 0.3 is 0 Å². The van der Waals surface area contributed by atoms with Crippen LogP contribution in [0.2, 0.25) is 0 Å². The molecule has 0 aromatic heterocycles. The molecule has 0 spiro atoms. The second-order valence-corrected chi connectivity index (χ2v) is 2.69. The highest BCUT2D eigenvalue weighted by atomic mass is 16.5. The third kappa shape index (κ3) is 1.80. The molecule has 0 saturated carbocycles. The minimum atomic E-state index is 0.153. The van der Waals surface area contributed by atoms with E-state index in [2.05, 4.69) is 0 Å². The van der Waals surface area contributed by atoms with E-state index in [0.717, 1.165) is 12.2 Å². The van der Waals surface area contributed by atoms with Crippen LogP contribution in [-0.2, 0) is 9.47 Å². The molecule has 0 radical (unpaired) electrons. The van der Waals surface area contributed by atoms with Crippen molar-refractivity contribution in [3.63, 3.8) is 0 Å². The minimum absolute atomic E-state index is 0.153. The van der Waals surface area contributed by atoms with Crippen LogP contribution in [0.3, 0.4) is 0 Å². The first-order chi connectivity index (χ1) is 5.81. The molecule has 1 rings (SSSR count). The zero-order valence-corrected chi connectivity index (χ0v) is 7.41. The number of ether oxygens (including phenoxy) is 2. The fourth-order valence-electron chi connectivity index (χ4n) is 1.20. The third-order valence-electron chi connectivity index (χ3n) is 1.91. The van der Waals surface area contributed by atoms with Gasteiger partial charge in [-0.2, -0.15) is 0 Å². The molecule has 0 aliphatic heterocycles. The monoisotopic (exact) mass is 170 g/mol. The topological polar surface area (TPSA) is 38.7 Å². The predicted molar refractivity (Wildman–Crippen MR) is 45.4 cm³/mol. The van der Waals surface area contributed by atoms with Gasteiger partial charge in [0.15, 0.2) is 11.5 Å². The molecule has 3 nitrogen and oxygen atoms in total. The largest absolute Gasteiger partial charge is 0.493 e. The normalized spacial score (nSPS) is 22.8. The SMILES string of the molecule is COC1=CCC(CO)C=C1OC. The van der Waals surface area contributed by atoms with E-state index in [1.807, 2.05) is 12.2 Å². The van der Waals surface area contributed by atoms with Gasteiger partial charge in [0.2, 0.25) is 0 Å². The first-order valence-corrected chi connectivity index (χ1v) is 3.93. The molecule has 0 heterocycles. The van der Waals surface area contributed by atoms with Gasteiger partial charge in [-0.25, -0.2) is 0 Å². The van der Waals surface area contributed by atoms with Crippen molar-refractivity contribution >= 4 is 0 Å². The van der Waals surface area contributed by atoms with Crippen LogP contribution < -0.4 is 0 Å². The van der Waals surface area contributed by atoms with Crippen molar-refractivity contribution in [2.45, 2.75) is 6.42 Å². The lowest BCUT2D eigenvalue weighted by atomic mass is 10.00. The van der Waals surface area contributed by atoms with Crippen LogP contribution in [0.4, 0.5) is 0 Å². The van der Waals surface area contributed by atoms with Gasteiger partial charge in [0, 0.05) is 12.5 Å². The Kier molecular flexibility index (Phi) is 3.17. The van der Waals surface area contributed by atoms with E-state index in [4.69, 9.17) is 14.6 Å². The van der Waals surface area contributed by atoms with Crippen LogP contribution in [0.25, 0.3) is 0 Å². The maximum atomic E-state index is 8.89. The van der Waals surface area contributed by atoms with Gasteiger partial charge in [0.05, 0.1) is 14.2 Å². The molecule has 0 aromatic rings. The van der Waals surface area contributed by atoms with E-state index in [1.54, 1.807) is 14.2 Å². The Balaban J connectivity index is 2.71. The average Bonchev–Trinajstić information content (AvgIpc) is 2.16. The van der Waals surface area contributed by atoms with Crippen molar-refractivity contribution in [3.8, 4) is 0 Å². The highest BCUT2D eigenvalue weighted by Gasteiger charge is 2.15. The lowest BCUT2D eigenvalue weighted by molar-refractivity contribution is 0.199. The molecule has 0 aromatic carbocycles. The zero-order chi connectivity index (χ0) is 8.97. The number of allylic oxidation sites excluding steroid dienone is 1. The third-order valence-corrected chi connectivity index (χ3v) is 1.91. The van der Waals surface area contributed by atoms with Crippen LogP contribution in [0.1, 0.15) is 6.42 Å². The number of methoxy groups -OCH3 is 2. The van der Waals surface area contributed by atoms with Gasteiger partial charge in [-0.05, 0) is 18.6 Å². The first-order valence-electron chi connectivity index (χ1n) is 3.93. The zero-order valence-electron chi connectivity index (χ0n) is 7.41. The van der Waals surface area contributed by atoms with Crippen molar-refractivity contribution in [2.75, 3.05) is 20.8 Å². The van der Waals surface area contributed by atoms with Crippen LogP contribution >= 0.6 is 0 Å². The second-order valence-electron chi connectivity index (χ2n) is 2.69. The van der Waals surface area contributed by atoms with Crippen molar-refractivity contribution in [1.82, 2.24) is 0 Å². The number of aliphatic hydroxyl groups excluding tert-OH is 1. The maximum absolute atomic E-state index is 8.89. The summed E-state index contributed by atoms with van der Waals surface area (Å²) in [5, 5.41) is 8.89. The smallest absolute Gasteiger partial charge is 0.156 e. The summed E-state index contributed by atoms with van der Waals surface area (Å²) in [5.74, 6) is 1.63. The first kappa shape index (κ1) is 9.13. The van der Waals surface area contributed by atoms with Crippen LogP contribution in [0.15, 0.2) is 23.7 Å². The molecule has 12 heavy (non-hydrogen) atoms. The van der Waals surface area contributed by atoms with Crippen molar-refractivity contribution in [2.24, 2.45) is 5.92 Å². The van der Waals surface area contributed by atoms with E-state index in [1.165, 1.54) is 0 Å². The van der Waals surface area contributed by atoms with E-state index in [0.29, 0.717) is 5.76 Å². The summed E-state index contributed by atoms with van der Waals surface area (Å²) in [5.41, 5.74) is 0. The highest BCUT2D eigenvalue weighted by molar-refractivity contribution is 5.25. The molecule has 1 unspecified atom stereocenters. The Morgan fingerprint density at radius 2 is 2.08 bits per heavy atom. The summed E-state index contributed by atoms with van der Waals surface area (Å²) >= 11 is 0. The van der Waals surface area contributed by atoms with Gasteiger partial charge in [-0.3, -0.25) is 0 Å². The Morgan fingerprint density at radius 3 is 2.58 bits per heavy atom. The van der Waals surface area contributed by atoms with Gasteiger partial charge in [-0.15, -0.1) is 0 Å². The summed E-state index contributed by atoms with van der Waals surface area (Å²) in [6.07, 6.45) is 4.63. The lowest BCUT2D eigenvalue weighted by Gasteiger charge is -2.18. The summed E-state index contributed by atoms with van der Waals surface area (Å²) in [6.45, 7) is 0.153. The van der Waals surface area contributed by atoms with Gasteiger partial charge in [0.25, 0.3) is 0 Å². The summed E-state index contributed by atoms with van der Waals surface area (Å²) < 4.78 is 10.2. The van der Waals surface area contributed by atoms with Crippen molar-refractivity contribution in [1.29, 1.82) is 0 Å². The second kappa shape index (κ2) is 4.16. The van der Waals surface area contributed by atoms with E-state index in [-0.39, 0.29) is 12.5 Å². The molecule has 3 heteroatoms. The van der Waals surface area contributed by atoms with E-state index < -0.39 is 0 Å². The molecule has 0 bridgehead atoms. The Morgan fingerprint density at radius 1 is 1.42 bits per heavy atom.